The predicted octanol–water partition coefficient (Wildman–Crippen LogP) is 3.98. The van der Waals surface area contributed by atoms with Gasteiger partial charge in [-0.15, -0.1) is 0 Å². The molecule has 86 valence electrons. The Labute approximate surface area is 104 Å². The average Bonchev–Trinajstić information content (AvgIpc) is 2.17. The maximum Gasteiger partial charge on any atom is 0.137 e. The molecule has 1 aliphatic rings. The van der Waals surface area contributed by atoms with Gasteiger partial charge >= 0.3 is 0 Å². The number of aliphatic imine (C=N–C) groups is 1. The van der Waals surface area contributed by atoms with Gasteiger partial charge in [-0.25, -0.2) is 4.39 Å². The van der Waals surface area contributed by atoms with Crippen LogP contribution in [0.1, 0.15) is 31.9 Å². The molecule has 0 aromatic heterocycles. The van der Waals surface area contributed by atoms with Gasteiger partial charge < -0.3 is 0 Å². The molecule has 3 heteroatoms. The lowest BCUT2D eigenvalue weighted by Gasteiger charge is -2.27. The summed E-state index contributed by atoms with van der Waals surface area (Å²) in [5.41, 5.74) is 3.24. The first-order valence-corrected chi connectivity index (χ1v) is 6.22. The Kier molecular flexibility index (Phi) is 2.91. The van der Waals surface area contributed by atoms with Crippen LogP contribution in [0.3, 0.4) is 0 Å². The van der Waals surface area contributed by atoms with E-state index in [9.17, 15) is 4.39 Å². The molecule has 0 aliphatic carbocycles. The van der Waals surface area contributed by atoms with E-state index >= 15 is 0 Å². The molecule has 1 nitrogen and oxygen atoms in total. The Morgan fingerprint density at radius 3 is 2.62 bits per heavy atom. The van der Waals surface area contributed by atoms with Crippen LogP contribution in [0, 0.1) is 11.2 Å². The second-order valence-corrected chi connectivity index (χ2v) is 6.01. The van der Waals surface area contributed by atoms with Gasteiger partial charge in [-0.3, -0.25) is 4.99 Å². The van der Waals surface area contributed by atoms with Gasteiger partial charge in [-0.2, -0.15) is 0 Å². The zero-order valence-electron chi connectivity index (χ0n) is 9.77. The van der Waals surface area contributed by atoms with Gasteiger partial charge in [0.2, 0.25) is 0 Å². The van der Waals surface area contributed by atoms with Crippen LogP contribution in [0.15, 0.2) is 21.6 Å². The normalized spacial score (nSPS) is 15.7. The highest BCUT2D eigenvalue weighted by molar-refractivity contribution is 9.10. The average molecular weight is 284 g/mol. The van der Waals surface area contributed by atoms with Crippen molar-refractivity contribution < 1.29 is 4.39 Å². The standard InChI is InChI=1S/C13H15BrFN/c1-13(2,3)12-9-7-10(14)11(15)6-8(9)4-5-16-12/h6-7H,4-5H2,1-3H3. The summed E-state index contributed by atoms with van der Waals surface area (Å²) in [4.78, 5) is 4.59. The third-order valence-electron chi connectivity index (χ3n) is 2.76. The van der Waals surface area contributed by atoms with Crippen molar-refractivity contribution >= 4 is 21.6 Å². The molecule has 1 aliphatic heterocycles. The summed E-state index contributed by atoms with van der Waals surface area (Å²) in [6.07, 6.45) is 0.832. The van der Waals surface area contributed by atoms with Crippen LogP contribution < -0.4 is 0 Å². The van der Waals surface area contributed by atoms with Crippen LogP contribution in [0.2, 0.25) is 0 Å². The van der Waals surface area contributed by atoms with Crippen molar-refractivity contribution in [2.45, 2.75) is 27.2 Å². The summed E-state index contributed by atoms with van der Waals surface area (Å²) in [6.45, 7) is 7.18. The zero-order valence-corrected chi connectivity index (χ0v) is 11.4. The first-order valence-electron chi connectivity index (χ1n) is 5.43. The molecule has 0 fully saturated rings. The second-order valence-electron chi connectivity index (χ2n) is 5.15. The molecule has 0 radical (unpaired) electrons. The van der Waals surface area contributed by atoms with E-state index in [0.29, 0.717) is 4.47 Å². The Morgan fingerprint density at radius 1 is 1.31 bits per heavy atom. The molecule has 1 aromatic carbocycles. The molecule has 1 heterocycles. The minimum Gasteiger partial charge on any atom is -0.288 e. The van der Waals surface area contributed by atoms with Gasteiger partial charge in [0.05, 0.1) is 4.47 Å². The van der Waals surface area contributed by atoms with Crippen LogP contribution in [-0.4, -0.2) is 12.3 Å². The van der Waals surface area contributed by atoms with Crippen LogP contribution in [0.5, 0.6) is 0 Å². The molecule has 0 spiro atoms. The van der Waals surface area contributed by atoms with Gasteiger partial charge in [0, 0.05) is 23.2 Å². The molecule has 0 saturated carbocycles. The van der Waals surface area contributed by atoms with Crippen molar-refractivity contribution in [3.05, 3.63) is 33.5 Å². The summed E-state index contributed by atoms with van der Waals surface area (Å²) in [7, 11) is 0. The Hall–Kier alpha value is -0.700. The molecule has 1 aromatic rings. The second kappa shape index (κ2) is 3.95. The summed E-state index contributed by atoms with van der Waals surface area (Å²) < 4.78 is 14.0. The van der Waals surface area contributed by atoms with Crippen molar-refractivity contribution in [3.8, 4) is 0 Å². The Morgan fingerprint density at radius 2 is 2.00 bits per heavy atom. The fourth-order valence-electron chi connectivity index (χ4n) is 2.03. The van der Waals surface area contributed by atoms with E-state index in [1.54, 1.807) is 6.07 Å². The number of rotatable bonds is 0. The van der Waals surface area contributed by atoms with Gasteiger partial charge in [0.15, 0.2) is 0 Å². The minimum atomic E-state index is -0.186. The lowest BCUT2D eigenvalue weighted by Crippen LogP contribution is -2.26. The Balaban J connectivity index is 2.58. The topological polar surface area (TPSA) is 12.4 Å². The van der Waals surface area contributed by atoms with E-state index in [1.807, 2.05) is 6.07 Å². The van der Waals surface area contributed by atoms with E-state index in [0.717, 1.165) is 29.8 Å². The number of fused-ring (bicyclic) bond motifs is 1. The SMILES string of the molecule is CC(C)(C)C1=NCCc2cc(F)c(Br)cc21. The molecule has 2 rings (SSSR count). The zero-order chi connectivity index (χ0) is 11.9. The van der Waals surface area contributed by atoms with Crippen LogP contribution >= 0.6 is 15.9 Å². The maximum absolute atomic E-state index is 13.4. The highest BCUT2D eigenvalue weighted by atomic mass is 79.9. The summed E-state index contributed by atoms with van der Waals surface area (Å²) in [6, 6.07) is 3.48. The van der Waals surface area contributed by atoms with Gasteiger partial charge in [0.25, 0.3) is 0 Å². The Bertz CT molecular complexity index is 458. The first kappa shape index (κ1) is 11.8. The van der Waals surface area contributed by atoms with Crippen molar-refractivity contribution in [1.82, 2.24) is 0 Å². The number of halogens is 2. The number of hydrogen-bond donors (Lipinski definition) is 0. The number of nitrogens with zero attached hydrogens (tertiary/aromatic N) is 1. The fourth-order valence-corrected chi connectivity index (χ4v) is 2.37. The van der Waals surface area contributed by atoms with E-state index in [-0.39, 0.29) is 11.2 Å². The van der Waals surface area contributed by atoms with Gasteiger partial charge in [-0.1, -0.05) is 20.8 Å². The van der Waals surface area contributed by atoms with Gasteiger partial charge in [-0.05, 0) is 40.0 Å². The summed E-state index contributed by atoms with van der Waals surface area (Å²) in [5.74, 6) is -0.186. The van der Waals surface area contributed by atoms with Crippen LogP contribution in [0.25, 0.3) is 0 Å². The fraction of sp³-hybridized carbons (Fsp3) is 0.462. The highest BCUT2D eigenvalue weighted by Crippen LogP contribution is 2.30. The van der Waals surface area contributed by atoms with E-state index in [2.05, 4.69) is 41.7 Å². The summed E-state index contributed by atoms with van der Waals surface area (Å²) >= 11 is 3.24. The maximum atomic E-state index is 13.4. The molecule has 0 unspecified atom stereocenters. The molecule has 0 saturated heterocycles. The quantitative estimate of drug-likeness (QED) is 0.683. The molecule has 0 N–H and O–H groups in total. The highest BCUT2D eigenvalue weighted by Gasteiger charge is 2.26. The van der Waals surface area contributed by atoms with Crippen molar-refractivity contribution in [2.75, 3.05) is 6.54 Å². The van der Waals surface area contributed by atoms with E-state index in [4.69, 9.17) is 0 Å². The number of hydrogen-bond acceptors (Lipinski definition) is 1. The van der Waals surface area contributed by atoms with Crippen LogP contribution in [0.4, 0.5) is 4.39 Å². The lowest BCUT2D eigenvalue weighted by molar-refractivity contribution is 0.582. The van der Waals surface area contributed by atoms with Crippen molar-refractivity contribution in [2.24, 2.45) is 10.4 Å². The smallest absolute Gasteiger partial charge is 0.137 e. The van der Waals surface area contributed by atoms with E-state index in [1.165, 1.54) is 0 Å². The summed E-state index contributed by atoms with van der Waals surface area (Å²) in [5, 5.41) is 0. The first-order chi connectivity index (χ1) is 7.39. The predicted molar refractivity (Wildman–Crippen MR) is 68.7 cm³/mol. The lowest BCUT2D eigenvalue weighted by atomic mass is 9.82. The molecule has 0 amide bonds. The molecule has 16 heavy (non-hydrogen) atoms. The monoisotopic (exact) mass is 283 g/mol. The molecular weight excluding hydrogens is 269 g/mol. The largest absolute Gasteiger partial charge is 0.288 e. The van der Waals surface area contributed by atoms with Crippen molar-refractivity contribution in [1.29, 1.82) is 0 Å². The van der Waals surface area contributed by atoms with Crippen molar-refractivity contribution in [3.63, 3.8) is 0 Å². The minimum absolute atomic E-state index is 0.00639. The number of benzene rings is 1. The van der Waals surface area contributed by atoms with E-state index < -0.39 is 0 Å². The van der Waals surface area contributed by atoms with Crippen LogP contribution in [-0.2, 0) is 6.42 Å². The third kappa shape index (κ3) is 2.05. The van der Waals surface area contributed by atoms with Gasteiger partial charge in [0.1, 0.15) is 5.82 Å². The molecule has 0 bridgehead atoms. The third-order valence-corrected chi connectivity index (χ3v) is 3.37. The molecular formula is C13H15BrFN. The molecule has 0 atom stereocenters.